The molecule has 0 atom stereocenters. The number of aliphatic hydroxyl groups excluding tert-OH is 1. The molecule has 0 aliphatic heterocycles. The number of hydrogen-bond donors (Lipinski definition) is 1. The normalized spacial score (nSPS) is 13.4. The van der Waals surface area contributed by atoms with Gasteiger partial charge >= 0.3 is 6.18 Å². The second kappa shape index (κ2) is 3.41. The molecule has 0 spiro atoms. The minimum absolute atomic E-state index is 0.624. The van der Waals surface area contributed by atoms with E-state index in [0.717, 1.165) is 0 Å². The molecule has 0 saturated heterocycles. The Morgan fingerprint density at radius 1 is 1.50 bits per heavy atom. The van der Waals surface area contributed by atoms with Gasteiger partial charge in [0.25, 0.3) is 0 Å². The molecule has 4 heteroatoms. The molecule has 58 valence electrons. The van der Waals surface area contributed by atoms with Crippen LogP contribution in [-0.2, 0) is 0 Å². The fraction of sp³-hybridized carbons (Fsp3) is 0.333. The number of rotatable bonds is 2. The Labute approximate surface area is 56.5 Å². The Kier molecular flexibility index (Phi) is 3.15. The third kappa shape index (κ3) is 2.68. The summed E-state index contributed by atoms with van der Waals surface area (Å²) in [7, 11) is 0. The van der Waals surface area contributed by atoms with Crippen LogP contribution in [0.3, 0.4) is 0 Å². The van der Waals surface area contributed by atoms with E-state index in [1.54, 1.807) is 0 Å². The maximum Gasteiger partial charge on any atom is 0.416 e. The van der Waals surface area contributed by atoms with Crippen LogP contribution in [0.1, 0.15) is 0 Å². The van der Waals surface area contributed by atoms with E-state index >= 15 is 0 Å². The molecule has 0 aromatic rings. The van der Waals surface area contributed by atoms with Gasteiger partial charge in [0, 0.05) is 0 Å². The summed E-state index contributed by atoms with van der Waals surface area (Å²) in [4.78, 5) is 0. The van der Waals surface area contributed by atoms with Crippen molar-refractivity contribution in [1.29, 1.82) is 0 Å². The highest BCUT2D eigenvalue weighted by Crippen LogP contribution is 2.25. The van der Waals surface area contributed by atoms with Crippen LogP contribution in [0.2, 0.25) is 0 Å². The Morgan fingerprint density at radius 2 is 2.00 bits per heavy atom. The number of allylic oxidation sites excluding steroid dienone is 2. The zero-order valence-corrected chi connectivity index (χ0v) is 5.15. The van der Waals surface area contributed by atoms with Crippen molar-refractivity contribution in [2.45, 2.75) is 6.18 Å². The van der Waals surface area contributed by atoms with Crippen LogP contribution in [0.4, 0.5) is 13.2 Å². The molecule has 1 nitrogen and oxygen atoms in total. The van der Waals surface area contributed by atoms with Gasteiger partial charge < -0.3 is 5.11 Å². The molecule has 0 unspecified atom stereocenters. The molecule has 0 amide bonds. The molecule has 0 aromatic heterocycles. The van der Waals surface area contributed by atoms with E-state index in [1.165, 1.54) is 0 Å². The average molecular weight is 152 g/mol. The van der Waals surface area contributed by atoms with Crippen LogP contribution < -0.4 is 0 Å². The summed E-state index contributed by atoms with van der Waals surface area (Å²) in [5, 5.41) is 8.11. The molecule has 1 N–H and O–H groups in total. The second-order valence-corrected chi connectivity index (χ2v) is 1.54. The third-order valence-electron chi connectivity index (χ3n) is 0.858. The van der Waals surface area contributed by atoms with Crippen molar-refractivity contribution in [2.24, 2.45) is 0 Å². The Hall–Kier alpha value is -0.770. The lowest BCUT2D eigenvalue weighted by Crippen LogP contribution is -2.10. The molecule has 0 saturated carbocycles. The van der Waals surface area contributed by atoms with Gasteiger partial charge in [0.2, 0.25) is 0 Å². The van der Waals surface area contributed by atoms with Gasteiger partial charge in [0.15, 0.2) is 0 Å². The van der Waals surface area contributed by atoms with Crippen LogP contribution in [0.5, 0.6) is 0 Å². The fourth-order valence-electron chi connectivity index (χ4n) is 0.413. The fourth-order valence-corrected chi connectivity index (χ4v) is 0.413. The van der Waals surface area contributed by atoms with E-state index in [1.807, 2.05) is 0 Å². The summed E-state index contributed by atoms with van der Waals surface area (Å²) in [5.74, 6) is 0. The predicted molar refractivity (Wildman–Crippen MR) is 31.4 cm³/mol. The van der Waals surface area contributed by atoms with E-state index < -0.39 is 18.4 Å². The molecular formula is C6H7F3O. The van der Waals surface area contributed by atoms with Crippen LogP contribution in [0, 0.1) is 0 Å². The first-order chi connectivity index (χ1) is 4.52. The molecule has 0 fully saturated rings. The standard InChI is InChI=1S/C6H7F3O/c1-2-5(3-4-10)6(7,8)9/h2-3,10H,1,4H2/b5-3+. The van der Waals surface area contributed by atoms with Gasteiger partial charge in [-0.1, -0.05) is 12.7 Å². The molecule has 10 heavy (non-hydrogen) atoms. The molecule has 0 heterocycles. The number of alkyl halides is 3. The van der Waals surface area contributed by atoms with Crippen molar-refractivity contribution in [3.63, 3.8) is 0 Å². The van der Waals surface area contributed by atoms with Crippen LogP contribution in [-0.4, -0.2) is 17.9 Å². The van der Waals surface area contributed by atoms with Crippen molar-refractivity contribution in [3.05, 3.63) is 24.3 Å². The Morgan fingerprint density at radius 3 is 2.10 bits per heavy atom. The molecule has 0 rings (SSSR count). The van der Waals surface area contributed by atoms with Gasteiger partial charge in [-0.15, -0.1) is 0 Å². The molecule has 0 bridgehead atoms. The van der Waals surface area contributed by atoms with Gasteiger partial charge in [0.05, 0.1) is 12.2 Å². The molecule has 0 aromatic carbocycles. The number of hydrogen-bond acceptors (Lipinski definition) is 1. The molecule has 0 radical (unpaired) electrons. The van der Waals surface area contributed by atoms with Gasteiger partial charge in [0.1, 0.15) is 0 Å². The van der Waals surface area contributed by atoms with Crippen LogP contribution in [0.15, 0.2) is 24.3 Å². The quantitative estimate of drug-likeness (QED) is 0.596. The highest BCUT2D eigenvalue weighted by atomic mass is 19.4. The van der Waals surface area contributed by atoms with E-state index in [-0.39, 0.29) is 0 Å². The zero-order chi connectivity index (χ0) is 8.20. The first-order valence-corrected chi connectivity index (χ1v) is 2.53. The maximum absolute atomic E-state index is 11.7. The van der Waals surface area contributed by atoms with Crippen molar-refractivity contribution in [2.75, 3.05) is 6.61 Å². The largest absolute Gasteiger partial charge is 0.416 e. The van der Waals surface area contributed by atoms with E-state index in [4.69, 9.17) is 5.11 Å². The minimum atomic E-state index is -4.40. The summed E-state index contributed by atoms with van der Waals surface area (Å²) in [5.41, 5.74) is -0.907. The van der Waals surface area contributed by atoms with E-state index in [2.05, 4.69) is 6.58 Å². The first-order valence-electron chi connectivity index (χ1n) is 2.53. The lowest BCUT2D eigenvalue weighted by Gasteiger charge is -2.05. The number of halogens is 3. The SMILES string of the molecule is C=C/C(=C\CO)C(F)(F)F. The second-order valence-electron chi connectivity index (χ2n) is 1.54. The highest BCUT2D eigenvalue weighted by molar-refractivity contribution is 5.21. The lowest BCUT2D eigenvalue weighted by molar-refractivity contribution is -0.0886. The van der Waals surface area contributed by atoms with Crippen molar-refractivity contribution >= 4 is 0 Å². The van der Waals surface area contributed by atoms with Crippen molar-refractivity contribution in [1.82, 2.24) is 0 Å². The first kappa shape index (κ1) is 9.23. The molecule has 0 aliphatic rings. The molecule has 0 aliphatic carbocycles. The zero-order valence-electron chi connectivity index (χ0n) is 5.15. The predicted octanol–water partition coefficient (Wildman–Crippen LogP) is 1.65. The van der Waals surface area contributed by atoms with Crippen LogP contribution >= 0.6 is 0 Å². The summed E-state index contributed by atoms with van der Waals surface area (Å²) in [6, 6.07) is 0. The Bertz CT molecular complexity index is 146. The van der Waals surface area contributed by atoms with Gasteiger partial charge in [-0.3, -0.25) is 0 Å². The van der Waals surface area contributed by atoms with Crippen molar-refractivity contribution < 1.29 is 18.3 Å². The lowest BCUT2D eigenvalue weighted by atomic mass is 10.2. The van der Waals surface area contributed by atoms with E-state index in [0.29, 0.717) is 12.2 Å². The molecular weight excluding hydrogens is 145 g/mol. The third-order valence-corrected chi connectivity index (χ3v) is 0.858. The smallest absolute Gasteiger partial charge is 0.392 e. The topological polar surface area (TPSA) is 20.2 Å². The number of aliphatic hydroxyl groups is 1. The summed E-state index contributed by atoms with van der Waals surface area (Å²) in [6.07, 6.45) is -3.08. The highest BCUT2D eigenvalue weighted by Gasteiger charge is 2.30. The monoisotopic (exact) mass is 152 g/mol. The maximum atomic E-state index is 11.7. The van der Waals surface area contributed by atoms with E-state index in [9.17, 15) is 13.2 Å². The summed E-state index contributed by atoms with van der Waals surface area (Å²) in [6.45, 7) is 2.32. The van der Waals surface area contributed by atoms with Gasteiger partial charge in [-0.25, -0.2) is 0 Å². The van der Waals surface area contributed by atoms with Crippen molar-refractivity contribution in [3.8, 4) is 0 Å². The summed E-state index contributed by atoms with van der Waals surface area (Å²) >= 11 is 0. The van der Waals surface area contributed by atoms with Gasteiger partial charge in [-0.05, 0) is 6.08 Å². The minimum Gasteiger partial charge on any atom is -0.392 e. The van der Waals surface area contributed by atoms with Crippen LogP contribution in [0.25, 0.3) is 0 Å². The summed E-state index contributed by atoms with van der Waals surface area (Å²) < 4.78 is 35.0. The Balaban J connectivity index is 4.36. The van der Waals surface area contributed by atoms with Gasteiger partial charge in [-0.2, -0.15) is 13.2 Å². The average Bonchev–Trinajstić information content (AvgIpc) is 1.80.